The van der Waals surface area contributed by atoms with Crippen LogP contribution >= 0.6 is 11.6 Å². The van der Waals surface area contributed by atoms with Crippen molar-refractivity contribution in [3.63, 3.8) is 0 Å². The van der Waals surface area contributed by atoms with Crippen LogP contribution in [-0.4, -0.2) is 15.8 Å². The molecule has 0 bridgehead atoms. The Morgan fingerprint density at radius 3 is 2.64 bits per heavy atom. The Labute approximate surface area is 153 Å². The van der Waals surface area contributed by atoms with Gasteiger partial charge in [0.2, 0.25) is 0 Å². The summed E-state index contributed by atoms with van der Waals surface area (Å²) in [5.74, 6) is 3.44. The summed E-state index contributed by atoms with van der Waals surface area (Å²) in [7, 11) is 0. The second kappa shape index (κ2) is 6.09. The van der Waals surface area contributed by atoms with E-state index in [1.165, 1.54) is 16.7 Å². The Hall–Kier alpha value is -1.95. The number of benzene rings is 2. The molecule has 0 spiro atoms. The number of phenolic OH excluding ortho intramolecular Hbond substituents is 1. The molecule has 2 unspecified atom stereocenters. The van der Waals surface area contributed by atoms with E-state index in [2.05, 4.69) is 41.6 Å². The number of hydrogen-bond donors (Lipinski definition) is 2. The molecule has 2 nitrogen and oxygen atoms in total. The quantitative estimate of drug-likeness (QED) is 0.749. The normalized spacial score (nSPS) is 30.6. The second-order valence-electron chi connectivity index (χ2n) is 7.37. The second-order valence-corrected chi connectivity index (χ2v) is 7.56. The van der Waals surface area contributed by atoms with E-state index in [1.54, 1.807) is 6.07 Å². The van der Waals surface area contributed by atoms with Crippen LogP contribution in [0.5, 0.6) is 5.75 Å². The van der Waals surface area contributed by atoms with E-state index in [1.807, 2.05) is 12.1 Å². The fraction of sp³-hybridized carbons (Fsp3) is 0.364. The Bertz CT molecular complexity index is 851. The number of fused-ring (bicyclic) bond motifs is 3. The van der Waals surface area contributed by atoms with E-state index in [9.17, 15) is 10.2 Å². The molecule has 0 heterocycles. The highest BCUT2D eigenvalue weighted by molar-refractivity contribution is 6.30. The monoisotopic (exact) mass is 352 g/mol. The average Bonchev–Trinajstić information content (AvgIpc) is 2.62. The summed E-state index contributed by atoms with van der Waals surface area (Å²) in [5, 5.41) is 23.2. The number of aryl methyl sites for hydroxylation is 1. The Balaban J connectivity index is 1.89. The van der Waals surface area contributed by atoms with Gasteiger partial charge in [-0.15, -0.1) is 0 Å². The largest absolute Gasteiger partial charge is 0.508 e. The number of aromatic hydroxyl groups is 1. The van der Waals surface area contributed by atoms with E-state index in [-0.39, 0.29) is 5.41 Å². The van der Waals surface area contributed by atoms with Gasteiger partial charge in [-0.2, -0.15) is 0 Å². The number of phenols is 1. The molecular weight excluding hydrogens is 332 g/mol. The van der Waals surface area contributed by atoms with Crippen LogP contribution < -0.4 is 0 Å². The molecule has 2 aliphatic carbocycles. The van der Waals surface area contributed by atoms with Gasteiger partial charge < -0.3 is 10.2 Å². The molecular formula is C22H21ClO2. The molecule has 0 aliphatic heterocycles. The van der Waals surface area contributed by atoms with Gasteiger partial charge in [-0.1, -0.05) is 42.3 Å². The minimum Gasteiger partial charge on any atom is -0.508 e. The van der Waals surface area contributed by atoms with E-state index in [0.717, 1.165) is 19.3 Å². The lowest BCUT2D eigenvalue weighted by Crippen LogP contribution is -2.50. The summed E-state index contributed by atoms with van der Waals surface area (Å²) >= 11 is 5.60. The minimum atomic E-state index is -1.00. The van der Waals surface area contributed by atoms with Crippen molar-refractivity contribution in [1.82, 2.24) is 0 Å². The number of aliphatic hydroxyl groups is 1. The lowest BCUT2D eigenvalue weighted by Gasteiger charge is -2.52. The summed E-state index contributed by atoms with van der Waals surface area (Å²) in [6.07, 6.45) is 3.92. The summed E-state index contributed by atoms with van der Waals surface area (Å²) in [4.78, 5) is 0. The lowest BCUT2D eigenvalue weighted by atomic mass is 9.52. The predicted molar refractivity (Wildman–Crippen MR) is 99.6 cm³/mol. The topological polar surface area (TPSA) is 40.5 Å². The van der Waals surface area contributed by atoms with Crippen LogP contribution in [0.2, 0.25) is 0 Å². The van der Waals surface area contributed by atoms with Gasteiger partial charge in [0.05, 0.1) is 0 Å². The van der Waals surface area contributed by atoms with Gasteiger partial charge in [-0.05, 0) is 78.4 Å². The fourth-order valence-corrected chi connectivity index (χ4v) is 5.20. The molecule has 2 aromatic rings. The summed E-state index contributed by atoms with van der Waals surface area (Å²) in [6.45, 7) is 0. The zero-order valence-corrected chi connectivity index (χ0v) is 14.8. The first-order valence-electron chi connectivity index (χ1n) is 8.80. The first kappa shape index (κ1) is 16.5. The van der Waals surface area contributed by atoms with Crippen LogP contribution in [0.4, 0.5) is 0 Å². The maximum Gasteiger partial charge on any atom is 0.127 e. The van der Waals surface area contributed by atoms with E-state index in [0.29, 0.717) is 24.5 Å². The van der Waals surface area contributed by atoms with Crippen LogP contribution in [0, 0.1) is 17.2 Å². The molecule has 0 saturated heterocycles. The number of halogens is 1. The average molecular weight is 353 g/mol. The molecule has 4 rings (SSSR count). The standard InChI is InChI=1S/C22H21ClO2/c23-13-12-21(25)10-11-22(17-4-2-1-3-5-17)18(15-21)7-6-16-14-19(24)8-9-20(16)22/h1-5,8-9,14,18,24-25H,6-7,10-11,15H2/t18?,21-,22?/m0/s1. The third kappa shape index (κ3) is 2.63. The molecule has 0 radical (unpaired) electrons. The van der Waals surface area contributed by atoms with Gasteiger partial charge in [-0.25, -0.2) is 0 Å². The molecule has 1 fully saturated rings. The van der Waals surface area contributed by atoms with Gasteiger partial charge in [0, 0.05) is 10.8 Å². The third-order valence-corrected chi connectivity index (χ3v) is 6.21. The Morgan fingerprint density at radius 2 is 1.88 bits per heavy atom. The van der Waals surface area contributed by atoms with Crippen LogP contribution in [-0.2, 0) is 11.8 Å². The zero-order valence-electron chi connectivity index (χ0n) is 14.0. The summed E-state index contributed by atoms with van der Waals surface area (Å²) < 4.78 is 0. The number of hydrogen-bond acceptors (Lipinski definition) is 2. The molecule has 2 aromatic carbocycles. The third-order valence-electron chi connectivity index (χ3n) is 6.11. The SMILES string of the molecule is Oc1ccc2c(c1)CCC1C[C@@](O)(C#CCl)CCC21c1ccccc1. The van der Waals surface area contributed by atoms with Gasteiger partial charge >= 0.3 is 0 Å². The summed E-state index contributed by atoms with van der Waals surface area (Å²) in [5.41, 5.74) is 2.65. The Kier molecular flexibility index (Phi) is 4.02. The van der Waals surface area contributed by atoms with Crippen LogP contribution in [0.3, 0.4) is 0 Å². The highest BCUT2D eigenvalue weighted by Crippen LogP contribution is 2.56. The van der Waals surface area contributed by atoms with Crippen molar-refractivity contribution < 1.29 is 10.2 Å². The fourth-order valence-electron chi connectivity index (χ4n) is 5.02. The number of rotatable bonds is 1. The minimum absolute atomic E-state index is 0.136. The smallest absolute Gasteiger partial charge is 0.127 e. The van der Waals surface area contributed by atoms with Gasteiger partial charge in [0.15, 0.2) is 0 Å². The Morgan fingerprint density at radius 1 is 1.08 bits per heavy atom. The van der Waals surface area contributed by atoms with E-state index >= 15 is 0 Å². The molecule has 1 saturated carbocycles. The van der Waals surface area contributed by atoms with Crippen molar-refractivity contribution in [2.24, 2.45) is 5.92 Å². The molecule has 2 aliphatic rings. The van der Waals surface area contributed by atoms with Crippen molar-refractivity contribution in [2.45, 2.75) is 43.1 Å². The maximum atomic E-state index is 10.9. The van der Waals surface area contributed by atoms with Gasteiger partial charge in [0.25, 0.3) is 0 Å². The highest BCUT2D eigenvalue weighted by Gasteiger charge is 2.52. The molecule has 2 N–H and O–H groups in total. The highest BCUT2D eigenvalue weighted by atomic mass is 35.5. The van der Waals surface area contributed by atoms with Crippen molar-refractivity contribution in [2.75, 3.05) is 0 Å². The van der Waals surface area contributed by atoms with Crippen molar-refractivity contribution in [1.29, 1.82) is 0 Å². The molecule has 0 amide bonds. The van der Waals surface area contributed by atoms with Crippen LogP contribution in [0.1, 0.15) is 42.4 Å². The van der Waals surface area contributed by atoms with Crippen LogP contribution in [0.25, 0.3) is 0 Å². The van der Waals surface area contributed by atoms with Crippen molar-refractivity contribution in [3.05, 3.63) is 65.2 Å². The molecule has 3 heteroatoms. The zero-order chi connectivity index (χ0) is 17.5. The van der Waals surface area contributed by atoms with Crippen molar-refractivity contribution >= 4 is 11.6 Å². The van der Waals surface area contributed by atoms with E-state index < -0.39 is 5.60 Å². The molecule has 25 heavy (non-hydrogen) atoms. The van der Waals surface area contributed by atoms with Crippen LogP contribution in [0.15, 0.2) is 48.5 Å². The van der Waals surface area contributed by atoms with Gasteiger partial charge in [-0.3, -0.25) is 0 Å². The molecule has 128 valence electrons. The lowest BCUT2D eigenvalue weighted by molar-refractivity contribution is 0.00372. The first-order chi connectivity index (χ1) is 12.1. The summed E-state index contributed by atoms with van der Waals surface area (Å²) in [6, 6.07) is 16.3. The van der Waals surface area contributed by atoms with Gasteiger partial charge in [0.1, 0.15) is 11.4 Å². The predicted octanol–water partition coefficient (Wildman–Crippen LogP) is 4.36. The molecule has 0 aromatic heterocycles. The first-order valence-corrected chi connectivity index (χ1v) is 9.18. The van der Waals surface area contributed by atoms with E-state index in [4.69, 9.17) is 11.6 Å². The molecule has 3 atom stereocenters. The van der Waals surface area contributed by atoms with Crippen molar-refractivity contribution in [3.8, 4) is 17.0 Å². The maximum absolute atomic E-state index is 10.9.